The third kappa shape index (κ3) is 2.74. The van der Waals surface area contributed by atoms with E-state index in [1.807, 2.05) is 6.92 Å². The number of ether oxygens (including phenoxy) is 1. The molecule has 0 aliphatic carbocycles. The van der Waals surface area contributed by atoms with E-state index in [2.05, 4.69) is 15.6 Å². The Bertz CT molecular complexity index is 1700. The lowest BCUT2D eigenvalue weighted by atomic mass is 9.66. The van der Waals surface area contributed by atoms with Crippen LogP contribution in [0.4, 0.5) is 19.3 Å². The van der Waals surface area contributed by atoms with Crippen LogP contribution in [0.15, 0.2) is 35.1 Å². The number of nitrogens with zero attached hydrogens (tertiary/aromatic N) is 2. The molecule has 11 heteroatoms. The highest BCUT2D eigenvalue weighted by Crippen LogP contribution is 2.50. The fourth-order valence-electron chi connectivity index (χ4n) is 6.56. The number of oxazole rings is 1. The molecule has 7 rings (SSSR count). The van der Waals surface area contributed by atoms with E-state index in [0.29, 0.717) is 32.8 Å². The Morgan fingerprint density at radius 2 is 1.81 bits per heavy atom. The number of halogens is 2. The molecule has 3 atom stereocenters. The average molecular weight is 506 g/mol. The SMILES string of the molecule is CC1CN2c3c(cc4c5ocnc5c5ccc(F)cc5c4c3F)CC3(C(=O)NC(=O)NC3=O)C2C(C)O1. The molecule has 2 N–H and O–H groups in total. The molecular formula is C26H20F2N4O5. The predicted molar refractivity (Wildman–Crippen MR) is 128 cm³/mol. The second-order valence-electron chi connectivity index (χ2n) is 9.98. The van der Waals surface area contributed by atoms with E-state index in [0.717, 1.165) is 0 Å². The third-order valence-corrected chi connectivity index (χ3v) is 7.84. The Morgan fingerprint density at radius 1 is 1.05 bits per heavy atom. The van der Waals surface area contributed by atoms with E-state index in [9.17, 15) is 18.8 Å². The Hall–Kier alpha value is -4.12. The summed E-state index contributed by atoms with van der Waals surface area (Å²) in [5.74, 6) is -2.68. The maximum atomic E-state index is 16.8. The minimum absolute atomic E-state index is 0.159. The molecule has 3 aliphatic heterocycles. The Labute approximate surface area is 207 Å². The highest BCUT2D eigenvalue weighted by atomic mass is 19.1. The fraction of sp³-hybridized carbons (Fsp3) is 0.308. The summed E-state index contributed by atoms with van der Waals surface area (Å²) in [5.41, 5.74) is -0.395. The van der Waals surface area contributed by atoms with Crippen LogP contribution in [0, 0.1) is 17.0 Å². The first-order valence-electron chi connectivity index (χ1n) is 11.9. The number of amides is 4. The van der Waals surface area contributed by atoms with Gasteiger partial charge in [-0.3, -0.25) is 20.2 Å². The summed E-state index contributed by atoms with van der Waals surface area (Å²) in [6, 6.07) is 3.96. The van der Waals surface area contributed by atoms with Gasteiger partial charge in [0.2, 0.25) is 11.8 Å². The standard InChI is InChI=1S/C26H20F2N4O5/c1-10-8-32-20-12(7-26(22(32)11(2)37-10)23(33)30-25(35)31-24(26)34)5-16-17(18(20)28)15-6-13(27)3-4-14(15)19-21(16)36-9-29-19/h3-6,9-11,22H,7-8H2,1-2H3,(H2,30,31,33,34,35). The van der Waals surface area contributed by atoms with Crippen LogP contribution in [0.5, 0.6) is 0 Å². The van der Waals surface area contributed by atoms with Crippen molar-refractivity contribution in [2.24, 2.45) is 5.41 Å². The molecular weight excluding hydrogens is 486 g/mol. The number of morpholine rings is 1. The highest BCUT2D eigenvalue weighted by molar-refractivity contribution is 6.24. The van der Waals surface area contributed by atoms with Gasteiger partial charge in [0.15, 0.2) is 23.2 Å². The average Bonchev–Trinajstić information content (AvgIpc) is 3.32. The molecule has 0 saturated carbocycles. The van der Waals surface area contributed by atoms with Gasteiger partial charge in [0, 0.05) is 29.1 Å². The van der Waals surface area contributed by atoms with Crippen LogP contribution in [0.2, 0.25) is 0 Å². The van der Waals surface area contributed by atoms with Gasteiger partial charge in [0.25, 0.3) is 0 Å². The summed E-state index contributed by atoms with van der Waals surface area (Å²) in [6.07, 6.45) is 0.0651. The Balaban J connectivity index is 1.60. The molecule has 188 valence electrons. The molecule has 0 radical (unpaired) electrons. The molecule has 3 aliphatic rings. The van der Waals surface area contributed by atoms with Crippen LogP contribution in [-0.4, -0.2) is 47.6 Å². The van der Waals surface area contributed by atoms with E-state index in [1.54, 1.807) is 17.9 Å². The summed E-state index contributed by atoms with van der Waals surface area (Å²) in [6.45, 7) is 3.73. The summed E-state index contributed by atoms with van der Waals surface area (Å²) >= 11 is 0. The number of aromatic nitrogens is 1. The lowest BCUT2D eigenvalue weighted by Crippen LogP contribution is -2.75. The molecule has 1 aromatic heterocycles. The first kappa shape index (κ1) is 22.1. The summed E-state index contributed by atoms with van der Waals surface area (Å²) in [5, 5.41) is 5.81. The number of fused-ring (bicyclic) bond motifs is 10. The van der Waals surface area contributed by atoms with Crippen molar-refractivity contribution < 1.29 is 32.3 Å². The maximum Gasteiger partial charge on any atom is 0.328 e. The van der Waals surface area contributed by atoms with Gasteiger partial charge in [-0.2, -0.15) is 0 Å². The van der Waals surface area contributed by atoms with Crippen molar-refractivity contribution in [3.63, 3.8) is 0 Å². The van der Waals surface area contributed by atoms with Crippen molar-refractivity contribution >= 4 is 56.2 Å². The molecule has 3 unspecified atom stereocenters. The smallest absolute Gasteiger partial charge is 0.328 e. The van der Waals surface area contributed by atoms with E-state index in [4.69, 9.17) is 9.15 Å². The minimum Gasteiger partial charge on any atom is -0.443 e. The van der Waals surface area contributed by atoms with Crippen molar-refractivity contribution in [2.75, 3.05) is 11.4 Å². The zero-order valence-corrected chi connectivity index (χ0v) is 19.7. The van der Waals surface area contributed by atoms with Crippen LogP contribution in [0.3, 0.4) is 0 Å². The molecule has 4 amide bonds. The Morgan fingerprint density at radius 3 is 2.57 bits per heavy atom. The number of carbonyl (C=O) groups is 3. The van der Waals surface area contributed by atoms with Gasteiger partial charge in [-0.25, -0.2) is 18.6 Å². The van der Waals surface area contributed by atoms with Crippen molar-refractivity contribution in [3.8, 4) is 0 Å². The van der Waals surface area contributed by atoms with Crippen molar-refractivity contribution in [1.82, 2.24) is 15.6 Å². The van der Waals surface area contributed by atoms with Gasteiger partial charge >= 0.3 is 6.03 Å². The lowest BCUT2D eigenvalue weighted by molar-refractivity contribution is -0.153. The molecule has 2 fully saturated rings. The normalized spacial score (nSPS) is 24.9. The first-order chi connectivity index (χ1) is 17.7. The quantitative estimate of drug-likeness (QED) is 0.278. The van der Waals surface area contributed by atoms with Crippen molar-refractivity contribution in [3.05, 3.63) is 47.9 Å². The minimum atomic E-state index is -1.75. The topological polar surface area (TPSA) is 114 Å². The number of hydrogen-bond acceptors (Lipinski definition) is 7. The number of barbiturate groups is 1. The summed E-state index contributed by atoms with van der Waals surface area (Å²) in [4.78, 5) is 44.6. The zero-order valence-electron chi connectivity index (χ0n) is 19.7. The Kier molecular flexibility index (Phi) is 4.31. The molecule has 4 aromatic rings. The predicted octanol–water partition coefficient (Wildman–Crippen LogP) is 3.30. The van der Waals surface area contributed by atoms with Gasteiger partial charge < -0.3 is 14.1 Å². The first-order valence-corrected chi connectivity index (χ1v) is 11.9. The summed E-state index contributed by atoms with van der Waals surface area (Å²) in [7, 11) is 0. The number of hydrogen-bond donors (Lipinski definition) is 2. The van der Waals surface area contributed by atoms with Crippen LogP contribution in [0.25, 0.3) is 32.6 Å². The van der Waals surface area contributed by atoms with Gasteiger partial charge in [-0.1, -0.05) is 0 Å². The second kappa shape index (κ2) is 7.22. The second-order valence-corrected chi connectivity index (χ2v) is 9.98. The number of benzene rings is 3. The fourth-order valence-corrected chi connectivity index (χ4v) is 6.56. The van der Waals surface area contributed by atoms with Crippen LogP contribution in [0.1, 0.15) is 19.4 Å². The molecule has 0 bridgehead atoms. The largest absolute Gasteiger partial charge is 0.443 e. The van der Waals surface area contributed by atoms with Crippen molar-refractivity contribution in [1.29, 1.82) is 0 Å². The number of urea groups is 1. The molecule has 37 heavy (non-hydrogen) atoms. The molecule has 3 aromatic carbocycles. The third-order valence-electron chi connectivity index (χ3n) is 7.84. The van der Waals surface area contributed by atoms with Gasteiger partial charge in [-0.05, 0) is 49.1 Å². The number of rotatable bonds is 0. The molecule has 9 nitrogen and oxygen atoms in total. The molecule has 2 saturated heterocycles. The van der Waals surface area contributed by atoms with E-state index < -0.39 is 47.0 Å². The zero-order chi connectivity index (χ0) is 25.8. The number of nitrogens with one attached hydrogen (secondary N) is 2. The van der Waals surface area contributed by atoms with E-state index in [1.165, 1.54) is 24.6 Å². The summed E-state index contributed by atoms with van der Waals surface area (Å²) < 4.78 is 42.8. The monoisotopic (exact) mass is 506 g/mol. The number of imide groups is 2. The highest BCUT2D eigenvalue weighted by Gasteiger charge is 2.63. The van der Waals surface area contributed by atoms with Crippen LogP contribution in [-0.2, 0) is 20.7 Å². The van der Waals surface area contributed by atoms with E-state index >= 15 is 4.39 Å². The van der Waals surface area contributed by atoms with Crippen molar-refractivity contribution in [2.45, 2.75) is 38.5 Å². The van der Waals surface area contributed by atoms with Gasteiger partial charge in [0.05, 0.1) is 23.9 Å². The van der Waals surface area contributed by atoms with Gasteiger partial charge in [0.1, 0.15) is 11.3 Å². The van der Waals surface area contributed by atoms with Crippen LogP contribution >= 0.6 is 0 Å². The number of anilines is 1. The molecule has 4 heterocycles. The number of carbonyl (C=O) groups excluding carboxylic acids is 3. The molecule has 1 spiro atoms. The lowest BCUT2D eigenvalue weighted by Gasteiger charge is -2.55. The van der Waals surface area contributed by atoms with Crippen LogP contribution < -0.4 is 15.5 Å². The van der Waals surface area contributed by atoms with Gasteiger partial charge in [-0.15, -0.1) is 0 Å². The van der Waals surface area contributed by atoms with E-state index in [-0.39, 0.29) is 30.1 Å². The maximum absolute atomic E-state index is 16.8.